The number of aryl methyl sites for hydroxylation is 1. The molecule has 0 spiro atoms. The first kappa shape index (κ1) is 18.3. The lowest BCUT2D eigenvalue weighted by molar-refractivity contribution is -0.146. The molecule has 0 radical (unpaired) electrons. The molecule has 0 bridgehead atoms. The van der Waals surface area contributed by atoms with E-state index in [1.165, 1.54) is 4.90 Å². The molecule has 2 aliphatic rings. The third-order valence-electron chi connectivity index (χ3n) is 5.35. The number of nitrogens with zero attached hydrogens (tertiary/aromatic N) is 3. The summed E-state index contributed by atoms with van der Waals surface area (Å²) in [4.78, 5) is 47.1. The molecule has 4 rings (SSSR count). The number of carbonyl (C=O) groups excluding carboxylic acids is 3. The van der Waals surface area contributed by atoms with Crippen LogP contribution in [0.5, 0.6) is 0 Å². The predicted molar refractivity (Wildman–Crippen MR) is 101 cm³/mol. The van der Waals surface area contributed by atoms with Gasteiger partial charge in [-0.15, -0.1) is 0 Å². The Bertz CT molecular complexity index is 959. The Kier molecular flexibility index (Phi) is 4.90. The van der Waals surface area contributed by atoms with Crippen molar-refractivity contribution < 1.29 is 19.1 Å². The van der Waals surface area contributed by atoms with Crippen molar-refractivity contribution in [2.45, 2.75) is 32.8 Å². The van der Waals surface area contributed by atoms with Gasteiger partial charge in [-0.2, -0.15) is 0 Å². The molecule has 0 unspecified atom stereocenters. The molecule has 1 aromatic carbocycles. The molecule has 1 aliphatic heterocycles. The zero-order valence-corrected chi connectivity index (χ0v) is 15.6. The Morgan fingerprint density at radius 1 is 1.07 bits per heavy atom. The van der Waals surface area contributed by atoms with Crippen molar-refractivity contribution in [2.75, 3.05) is 6.54 Å². The molecule has 0 saturated carbocycles. The number of hydrogen-bond acceptors (Lipinski definition) is 6. The van der Waals surface area contributed by atoms with Gasteiger partial charge in [-0.1, -0.05) is 24.3 Å². The molecule has 2 atom stereocenters. The highest BCUT2D eigenvalue weighted by atomic mass is 16.5. The number of para-hydroxylation sites is 2. The second-order valence-electron chi connectivity index (χ2n) is 7.14. The van der Waals surface area contributed by atoms with Crippen LogP contribution in [0.25, 0.3) is 11.0 Å². The van der Waals surface area contributed by atoms with Gasteiger partial charge in [0.05, 0.1) is 40.7 Å². The van der Waals surface area contributed by atoms with E-state index in [-0.39, 0.29) is 43.2 Å². The molecule has 2 heterocycles. The van der Waals surface area contributed by atoms with Gasteiger partial charge < -0.3 is 4.74 Å². The number of esters is 1. The average molecular weight is 379 g/mol. The number of ether oxygens (including phenoxy) is 1. The molecule has 1 aromatic heterocycles. The molecule has 7 nitrogen and oxygen atoms in total. The van der Waals surface area contributed by atoms with Crippen molar-refractivity contribution in [3.63, 3.8) is 0 Å². The average Bonchev–Trinajstić information content (AvgIpc) is 2.95. The summed E-state index contributed by atoms with van der Waals surface area (Å²) in [5.74, 6) is -1.37. The molecule has 1 aliphatic carbocycles. The summed E-state index contributed by atoms with van der Waals surface area (Å²) in [6.07, 6.45) is 5.05. The maximum absolute atomic E-state index is 12.4. The van der Waals surface area contributed by atoms with Crippen molar-refractivity contribution in [2.24, 2.45) is 11.8 Å². The SMILES string of the molecule is Cc1nc2ccccc2nc1COC(=O)CCN1C(=O)[C@H]2CC=CC[C@H]2C1=O. The molecule has 2 amide bonds. The van der Waals surface area contributed by atoms with Crippen LogP contribution in [0.4, 0.5) is 0 Å². The van der Waals surface area contributed by atoms with Crippen molar-refractivity contribution in [1.29, 1.82) is 0 Å². The van der Waals surface area contributed by atoms with E-state index in [1.807, 2.05) is 43.3 Å². The fourth-order valence-electron chi connectivity index (χ4n) is 3.77. The Hall–Kier alpha value is -3.09. The number of fused-ring (bicyclic) bond motifs is 2. The number of rotatable bonds is 5. The van der Waals surface area contributed by atoms with E-state index in [2.05, 4.69) is 9.97 Å². The van der Waals surface area contributed by atoms with Crippen LogP contribution in [-0.2, 0) is 25.7 Å². The van der Waals surface area contributed by atoms with Gasteiger partial charge in [0.2, 0.25) is 11.8 Å². The molecule has 0 N–H and O–H groups in total. The molecule has 7 heteroatoms. The highest BCUT2D eigenvalue weighted by Gasteiger charge is 2.46. The minimum Gasteiger partial charge on any atom is -0.459 e. The number of likely N-dealkylation sites (tertiary alicyclic amines) is 1. The Morgan fingerprint density at radius 2 is 1.68 bits per heavy atom. The van der Waals surface area contributed by atoms with Gasteiger partial charge in [0.15, 0.2) is 0 Å². The van der Waals surface area contributed by atoms with Gasteiger partial charge >= 0.3 is 5.97 Å². The number of carbonyl (C=O) groups is 3. The topological polar surface area (TPSA) is 89.5 Å². The summed E-state index contributed by atoms with van der Waals surface area (Å²) in [6, 6.07) is 7.50. The van der Waals surface area contributed by atoms with Gasteiger partial charge in [0, 0.05) is 6.54 Å². The number of allylic oxidation sites excluding steroid dienone is 2. The summed E-state index contributed by atoms with van der Waals surface area (Å²) < 4.78 is 5.30. The van der Waals surface area contributed by atoms with E-state index in [0.717, 1.165) is 11.0 Å². The van der Waals surface area contributed by atoms with E-state index in [4.69, 9.17) is 4.74 Å². The summed E-state index contributed by atoms with van der Waals surface area (Å²) in [7, 11) is 0. The quantitative estimate of drug-likeness (QED) is 0.450. The van der Waals surface area contributed by atoms with E-state index in [9.17, 15) is 14.4 Å². The van der Waals surface area contributed by atoms with Crippen LogP contribution in [-0.4, -0.2) is 39.2 Å². The Balaban J connectivity index is 1.34. The first-order valence-electron chi connectivity index (χ1n) is 9.42. The summed E-state index contributed by atoms with van der Waals surface area (Å²) >= 11 is 0. The Morgan fingerprint density at radius 3 is 2.32 bits per heavy atom. The second kappa shape index (κ2) is 7.50. The molecule has 144 valence electrons. The van der Waals surface area contributed by atoms with Crippen LogP contribution in [0.15, 0.2) is 36.4 Å². The summed E-state index contributed by atoms with van der Waals surface area (Å²) in [6.45, 7) is 1.89. The monoisotopic (exact) mass is 379 g/mol. The van der Waals surface area contributed by atoms with Gasteiger partial charge in [0.25, 0.3) is 0 Å². The highest BCUT2D eigenvalue weighted by Crippen LogP contribution is 2.35. The molecule has 2 aromatic rings. The predicted octanol–water partition coefficient (Wildman–Crippen LogP) is 2.32. The summed E-state index contributed by atoms with van der Waals surface area (Å²) in [5.41, 5.74) is 2.83. The minimum atomic E-state index is -0.469. The second-order valence-corrected chi connectivity index (χ2v) is 7.14. The molecule has 1 fully saturated rings. The van der Waals surface area contributed by atoms with E-state index in [0.29, 0.717) is 24.2 Å². The zero-order chi connectivity index (χ0) is 19.7. The van der Waals surface area contributed by atoms with Crippen LogP contribution >= 0.6 is 0 Å². The fraction of sp³-hybridized carbons (Fsp3) is 0.381. The lowest BCUT2D eigenvalue weighted by atomic mass is 9.85. The number of hydrogen-bond donors (Lipinski definition) is 0. The molecular formula is C21H21N3O4. The van der Waals surface area contributed by atoms with Crippen molar-refractivity contribution in [1.82, 2.24) is 14.9 Å². The first-order valence-corrected chi connectivity index (χ1v) is 9.42. The zero-order valence-electron chi connectivity index (χ0n) is 15.6. The fourth-order valence-corrected chi connectivity index (χ4v) is 3.77. The van der Waals surface area contributed by atoms with E-state index in [1.54, 1.807) is 0 Å². The van der Waals surface area contributed by atoms with Crippen LogP contribution in [0.1, 0.15) is 30.7 Å². The van der Waals surface area contributed by atoms with Crippen LogP contribution < -0.4 is 0 Å². The highest BCUT2D eigenvalue weighted by molar-refractivity contribution is 6.05. The van der Waals surface area contributed by atoms with Gasteiger partial charge in [0.1, 0.15) is 6.61 Å². The van der Waals surface area contributed by atoms with Crippen LogP contribution in [0.2, 0.25) is 0 Å². The third kappa shape index (κ3) is 3.40. The van der Waals surface area contributed by atoms with Gasteiger partial charge in [-0.3, -0.25) is 19.3 Å². The maximum atomic E-state index is 12.4. The molecule has 1 saturated heterocycles. The third-order valence-corrected chi connectivity index (χ3v) is 5.35. The summed E-state index contributed by atoms with van der Waals surface area (Å²) in [5, 5.41) is 0. The van der Waals surface area contributed by atoms with Crippen molar-refractivity contribution >= 4 is 28.8 Å². The molecular weight excluding hydrogens is 358 g/mol. The Labute approximate surface area is 162 Å². The number of amides is 2. The van der Waals surface area contributed by atoms with Crippen molar-refractivity contribution in [3.05, 3.63) is 47.8 Å². The standard InChI is InChI=1S/C21H21N3O4/c1-13-18(23-17-9-5-4-8-16(17)22-13)12-28-19(25)10-11-24-20(26)14-6-2-3-7-15(14)21(24)27/h2-5,8-9,14-15H,6-7,10-12H2,1H3/t14-,15+. The largest absolute Gasteiger partial charge is 0.459 e. The van der Waals surface area contributed by atoms with E-state index < -0.39 is 5.97 Å². The number of aromatic nitrogens is 2. The minimum absolute atomic E-state index is 0.0135. The normalized spacial score (nSPS) is 21.2. The van der Waals surface area contributed by atoms with Crippen LogP contribution in [0.3, 0.4) is 0 Å². The van der Waals surface area contributed by atoms with Gasteiger partial charge in [-0.25, -0.2) is 9.97 Å². The lowest BCUT2D eigenvalue weighted by Crippen LogP contribution is -2.33. The smallest absolute Gasteiger partial charge is 0.307 e. The van der Waals surface area contributed by atoms with Crippen molar-refractivity contribution in [3.8, 4) is 0 Å². The maximum Gasteiger partial charge on any atom is 0.307 e. The van der Waals surface area contributed by atoms with E-state index >= 15 is 0 Å². The first-order chi connectivity index (χ1) is 13.5. The molecule has 28 heavy (non-hydrogen) atoms. The van der Waals surface area contributed by atoms with Crippen LogP contribution in [0, 0.1) is 18.8 Å². The lowest BCUT2D eigenvalue weighted by Gasteiger charge is -2.14. The number of imide groups is 1. The number of benzene rings is 1. The van der Waals surface area contributed by atoms with Gasteiger partial charge in [-0.05, 0) is 31.9 Å².